The minimum absolute atomic E-state index is 0.105. The summed E-state index contributed by atoms with van der Waals surface area (Å²) in [5.74, 6) is 1.32. The Bertz CT molecular complexity index is 458. The molecule has 1 aliphatic rings. The fourth-order valence-corrected chi connectivity index (χ4v) is 2.23. The molecular weight excluding hydrogens is 256 g/mol. The molecule has 1 N–H and O–H groups in total. The molecule has 1 aromatic rings. The Kier molecular flexibility index (Phi) is 4.42. The van der Waals surface area contributed by atoms with Gasteiger partial charge in [-0.1, -0.05) is 20.8 Å². The highest BCUT2D eigenvalue weighted by molar-refractivity contribution is 5.90. The Morgan fingerprint density at radius 2 is 2.25 bits per heavy atom. The predicted octanol–water partition coefficient (Wildman–Crippen LogP) is 1.60. The summed E-state index contributed by atoms with van der Waals surface area (Å²) in [4.78, 5) is 18.6. The van der Waals surface area contributed by atoms with E-state index < -0.39 is 0 Å². The summed E-state index contributed by atoms with van der Waals surface area (Å²) in [5, 5.41) is 6.93. The van der Waals surface area contributed by atoms with Crippen LogP contribution in [0.1, 0.15) is 50.6 Å². The molecule has 6 heteroatoms. The third kappa shape index (κ3) is 3.36. The Morgan fingerprint density at radius 3 is 2.75 bits per heavy atom. The van der Waals surface area contributed by atoms with Crippen LogP contribution in [-0.4, -0.2) is 52.3 Å². The van der Waals surface area contributed by atoms with Crippen LogP contribution in [0.2, 0.25) is 0 Å². The van der Waals surface area contributed by atoms with E-state index in [1.165, 1.54) is 0 Å². The van der Waals surface area contributed by atoms with Crippen LogP contribution in [-0.2, 0) is 10.2 Å². The van der Waals surface area contributed by atoms with Gasteiger partial charge in [0.15, 0.2) is 0 Å². The smallest absolute Gasteiger partial charge is 0.293 e. The lowest BCUT2D eigenvalue weighted by molar-refractivity contribution is 0.0719. The summed E-state index contributed by atoms with van der Waals surface area (Å²) < 4.78 is 5.36. The van der Waals surface area contributed by atoms with E-state index in [1.807, 2.05) is 27.7 Å². The van der Waals surface area contributed by atoms with E-state index in [4.69, 9.17) is 4.74 Å². The number of aromatic nitrogens is 3. The van der Waals surface area contributed by atoms with E-state index >= 15 is 0 Å². The highest BCUT2D eigenvalue weighted by atomic mass is 16.5. The zero-order valence-electron chi connectivity index (χ0n) is 12.8. The SMILES string of the molecule is CCN(CC1CCOC1)C(=O)c1n[nH]c(C(C)(C)C)n1. The summed E-state index contributed by atoms with van der Waals surface area (Å²) in [6, 6.07) is 0. The maximum absolute atomic E-state index is 12.4. The van der Waals surface area contributed by atoms with Crippen LogP contribution in [0.5, 0.6) is 0 Å². The zero-order valence-corrected chi connectivity index (χ0v) is 12.8. The second-order valence-electron chi connectivity index (χ2n) is 6.33. The van der Waals surface area contributed by atoms with Crippen molar-refractivity contribution in [1.29, 1.82) is 0 Å². The molecule has 1 aliphatic heterocycles. The van der Waals surface area contributed by atoms with Gasteiger partial charge < -0.3 is 9.64 Å². The van der Waals surface area contributed by atoms with Crippen molar-refractivity contribution in [2.75, 3.05) is 26.3 Å². The highest BCUT2D eigenvalue weighted by Gasteiger charge is 2.26. The lowest BCUT2D eigenvalue weighted by atomic mass is 9.96. The van der Waals surface area contributed by atoms with Crippen LogP contribution in [0, 0.1) is 5.92 Å². The van der Waals surface area contributed by atoms with Gasteiger partial charge in [-0.25, -0.2) is 4.98 Å². The molecule has 1 unspecified atom stereocenters. The molecule has 0 aliphatic carbocycles. The lowest BCUT2D eigenvalue weighted by Crippen LogP contribution is -2.36. The van der Waals surface area contributed by atoms with Gasteiger partial charge in [0.2, 0.25) is 5.82 Å². The minimum Gasteiger partial charge on any atom is -0.381 e. The maximum atomic E-state index is 12.4. The van der Waals surface area contributed by atoms with Gasteiger partial charge in [0.25, 0.3) is 5.91 Å². The first-order chi connectivity index (χ1) is 9.41. The lowest BCUT2D eigenvalue weighted by Gasteiger charge is -2.22. The molecule has 2 heterocycles. The molecule has 0 spiro atoms. The van der Waals surface area contributed by atoms with Crippen molar-refractivity contribution in [3.05, 3.63) is 11.6 Å². The van der Waals surface area contributed by atoms with Crippen LogP contribution < -0.4 is 0 Å². The fourth-order valence-electron chi connectivity index (χ4n) is 2.23. The predicted molar refractivity (Wildman–Crippen MR) is 75.6 cm³/mol. The van der Waals surface area contributed by atoms with Gasteiger partial charge in [0.05, 0.1) is 6.61 Å². The molecule has 20 heavy (non-hydrogen) atoms. The fraction of sp³-hybridized carbons (Fsp3) is 0.786. The van der Waals surface area contributed by atoms with Crippen LogP contribution >= 0.6 is 0 Å². The van der Waals surface area contributed by atoms with Crippen molar-refractivity contribution in [3.63, 3.8) is 0 Å². The van der Waals surface area contributed by atoms with E-state index in [0.29, 0.717) is 19.0 Å². The number of H-pyrrole nitrogens is 1. The summed E-state index contributed by atoms with van der Waals surface area (Å²) in [6.45, 7) is 11.0. The van der Waals surface area contributed by atoms with E-state index in [1.54, 1.807) is 4.90 Å². The highest BCUT2D eigenvalue weighted by Crippen LogP contribution is 2.18. The number of rotatable bonds is 4. The summed E-state index contributed by atoms with van der Waals surface area (Å²) in [7, 11) is 0. The van der Waals surface area contributed by atoms with Gasteiger partial charge in [0.1, 0.15) is 5.82 Å². The van der Waals surface area contributed by atoms with Crippen molar-refractivity contribution in [2.24, 2.45) is 5.92 Å². The average molecular weight is 280 g/mol. The molecule has 1 amide bonds. The van der Waals surface area contributed by atoms with Gasteiger partial charge in [-0.15, -0.1) is 5.10 Å². The number of carbonyl (C=O) groups excluding carboxylic acids is 1. The third-order valence-corrected chi connectivity index (χ3v) is 3.56. The van der Waals surface area contributed by atoms with E-state index in [-0.39, 0.29) is 17.1 Å². The number of ether oxygens (including phenoxy) is 1. The minimum atomic E-state index is -0.137. The molecule has 1 saturated heterocycles. The number of hydrogen-bond donors (Lipinski definition) is 1. The number of carbonyl (C=O) groups is 1. The molecule has 112 valence electrons. The quantitative estimate of drug-likeness (QED) is 0.909. The number of nitrogens with zero attached hydrogens (tertiary/aromatic N) is 3. The molecule has 0 saturated carbocycles. The Balaban J connectivity index is 2.05. The van der Waals surface area contributed by atoms with Gasteiger partial charge in [0, 0.05) is 31.0 Å². The monoisotopic (exact) mass is 280 g/mol. The molecule has 1 atom stereocenters. The van der Waals surface area contributed by atoms with Crippen LogP contribution in [0.3, 0.4) is 0 Å². The number of aromatic amines is 1. The second-order valence-corrected chi connectivity index (χ2v) is 6.33. The standard InChI is InChI=1S/C14H24N4O2/c1-5-18(8-10-6-7-20-9-10)12(19)11-15-13(17-16-11)14(2,3)4/h10H,5-9H2,1-4H3,(H,15,16,17). The molecule has 0 radical (unpaired) electrons. The summed E-state index contributed by atoms with van der Waals surface area (Å²) >= 11 is 0. The first kappa shape index (κ1) is 15.0. The number of amides is 1. The van der Waals surface area contributed by atoms with Crippen molar-refractivity contribution < 1.29 is 9.53 Å². The summed E-state index contributed by atoms with van der Waals surface area (Å²) in [6.07, 6.45) is 1.02. The molecule has 2 rings (SSSR count). The van der Waals surface area contributed by atoms with Gasteiger partial charge in [-0.2, -0.15) is 0 Å². The number of nitrogens with one attached hydrogen (secondary N) is 1. The second kappa shape index (κ2) is 5.91. The molecule has 0 bridgehead atoms. The van der Waals surface area contributed by atoms with Crippen molar-refractivity contribution >= 4 is 5.91 Å². The Morgan fingerprint density at radius 1 is 1.50 bits per heavy atom. The molecule has 0 aromatic carbocycles. The largest absolute Gasteiger partial charge is 0.381 e. The molecular formula is C14H24N4O2. The molecule has 1 fully saturated rings. The number of hydrogen-bond acceptors (Lipinski definition) is 4. The maximum Gasteiger partial charge on any atom is 0.293 e. The van der Waals surface area contributed by atoms with Crippen molar-refractivity contribution in [2.45, 2.75) is 39.5 Å². The van der Waals surface area contributed by atoms with Gasteiger partial charge >= 0.3 is 0 Å². The van der Waals surface area contributed by atoms with Gasteiger partial charge in [-0.3, -0.25) is 9.89 Å². The summed E-state index contributed by atoms with van der Waals surface area (Å²) in [5.41, 5.74) is -0.137. The topological polar surface area (TPSA) is 71.1 Å². The molecule has 1 aromatic heterocycles. The first-order valence-corrected chi connectivity index (χ1v) is 7.21. The third-order valence-electron chi connectivity index (χ3n) is 3.56. The van der Waals surface area contributed by atoms with E-state index in [9.17, 15) is 4.79 Å². The Labute approximate surface area is 119 Å². The average Bonchev–Trinajstić information content (AvgIpc) is 3.05. The molecule has 6 nitrogen and oxygen atoms in total. The van der Waals surface area contributed by atoms with Crippen molar-refractivity contribution in [3.8, 4) is 0 Å². The van der Waals surface area contributed by atoms with Gasteiger partial charge in [-0.05, 0) is 13.3 Å². The van der Waals surface area contributed by atoms with Crippen molar-refractivity contribution in [1.82, 2.24) is 20.1 Å². The van der Waals surface area contributed by atoms with E-state index in [2.05, 4.69) is 15.2 Å². The normalized spacial score (nSPS) is 19.3. The zero-order chi connectivity index (χ0) is 14.8. The first-order valence-electron chi connectivity index (χ1n) is 7.21. The Hall–Kier alpha value is -1.43. The van der Waals surface area contributed by atoms with Crippen LogP contribution in [0.15, 0.2) is 0 Å². The van der Waals surface area contributed by atoms with E-state index in [0.717, 1.165) is 25.5 Å². The van der Waals surface area contributed by atoms with Crippen LogP contribution in [0.25, 0.3) is 0 Å². The van der Waals surface area contributed by atoms with Crippen LogP contribution in [0.4, 0.5) is 0 Å².